The highest BCUT2D eigenvalue weighted by molar-refractivity contribution is 5.72. The third kappa shape index (κ3) is 2.45. The van der Waals surface area contributed by atoms with Crippen molar-refractivity contribution in [1.82, 2.24) is 0 Å². The molecular weight excluding hydrogens is 244 g/mol. The smallest absolute Gasteiger partial charge is 0.306 e. The lowest BCUT2D eigenvalue weighted by Crippen LogP contribution is -2.48. The maximum atomic E-state index is 11.6. The van der Waals surface area contributed by atoms with Gasteiger partial charge in [-0.15, -0.1) is 0 Å². The molecule has 1 heterocycles. The monoisotopic (exact) mass is 264 g/mol. The van der Waals surface area contributed by atoms with E-state index < -0.39 is 0 Å². The van der Waals surface area contributed by atoms with Gasteiger partial charge in [0.25, 0.3) is 0 Å². The number of aryl methyl sites for hydroxylation is 2. The molecule has 1 saturated heterocycles. The molecule has 0 bridgehead atoms. The van der Waals surface area contributed by atoms with Gasteiger partial charge in [-0.05, 0) is 36.6 Å². The Hall–Kier alpha value is -1.55. The standard InChI is InChI=1S/C15H20O4/c1-10-6-13(17-3)11(2)5-12(10)15(8-19-9-15)7-14(16)18-4/h5-6H,7-9H2,1-4H3. The molecule has 0 amide bonds. The maximum absolute atomic E-state index is 11.6. The number of hydrogen-bond donors (Lipinski definition) is 0. The van der Waals surface area contributed by atoms with E-state index in [-0.39, 0.29) is 11.4 Å². The van der Waals surface area contributed by atoms with E-state index in [0.717, 1.165) is 22.4 Å². The molecule has 0 aromatic heterocycles. The lowest BCUT2D eigenvalue weighted by molar-refractivity contribution is -0.148. The summed E-state index contributed by atoms with van der Waals surface area (Å²) < 4.78 is 15.5. The SMILES string of the molecule is COC(=O)CC1(c2cc(C)c(OC)cc2C)COC1. The molecule has 0 saturated carbocycles. The quantitative estimate of drug-likeness (QED) is 0.782. The van der Waals surface area contributed by atoms with Crippen molar-refractivity contribution in [3.05, 3.63) is 28.8 Å². The van der Waals surface area contributed by atoms with Crippen molar-refractivity contribution in [2.24, 2.45) is 0 Å². The molecule has 0 atom stereocenters. The predicted molar refractivity (Wildman–Crippen MR) is 71.6 cm³/mol. The Bertz CT molecular complexity index is 489. The zero-order chi connectivity index (χ0) is 14.0. The Morgan fingerprint density at radius 3 is 2.42 bits per heavy atom. The highest BCUT2D eigenvalue weighted by Crippen LogP contribution is 2.39. The van der Waals surface area contributed by atoms with E-state index in [9.17, 15) is 4.79 Å². The van der Waals surface area contributed by atoms with Crippen LogP contribution in [-0.2, 0) is 19.7 Å². The summed E-state index contributed by atoms with van der Waals surface area (Å²) in [6.07, 6.45) is 0.357. The fourth-order valence-electron chi connectivity index (χ4n) is 2.63. The number of esters is 1. The number of carbonyl (C=O) groups excluding carboxylic acids is 1. The van der Waals surface area contributed by atoms with Crippen LogP contribution in [0.15, 0.2) is 12.1 Å². The van der Waals surface area contributed by atoms with Crippen molar-refractivity contribution in [2.45, 2.75) is 25.7 Å². The van der Waals surface area contributed by atoms with Gasteiger partial charge in [0, 0.05) is 0 Å². The second kappa shape index (κ2) is 5.21. The topological polar surface area (TPSA) is 44.8 Å². The van der Waals surface area contributed by atoms with Gasteiger partial charge in [-0.2, -0.15) is 0 Å². The number of rotatable bonds is 4. The van der Waals surface area contributed by atoms with Gasteiger partial charge in [-0.3, -0.25) is 4.79 Å². The third-order valence-corrected chi connectivity index (χ3v) is 3.78. The van der Waals surface area contributed by atoms with Crippen LogP contribution in [0.2, 0.25) is 0 Å². The third-order valence-electron chi connectivity index (χ3n) is 3.78. The first-order valence-electron chi connectivity index (χ1n) is 6.33. The van der Waals surface area contributed by atoms with E-state index in [1.807, 2.05) is 19.9 Å². The number of carbonyl (C=O) groups is 1. The summed E-state index contributed by atoms with van der Waals surface area (Å²) in [6, 6.07) is 4.11. The van der Waals surface area contributed by atoms with Crippen LogP contribution in [0.3, 0.4) is 0 Å². The molecule has 2 rings (SSSR count). The molecule has 0 spiro atoms. The number of methoxy groups -OCH3 is 2. The summed E-state index contributed by atoms with van der Waals surface area (Å²) in [7, 11) is 3.08. The van der Waals surface area contributed by atoms with Gasteiger partial charge in [-0.25, -0.2) is 0 Å². The normalized spacial score (nSPS) is 16.6. The molecule has 1 aliphatic heterocycles. The van der Waals surface area contributed by atoms with Gasteiger partial charge in [0.05, 0.1) is 39.3 Å². The summed E-state index contributed by atoms with van der Waals surface area (Å²) in [5.41, 5.74) is 3.10. The minimum absolute atomic E-state index is 0.198. The van der Waals surface area contributed by atoms with E-state index in [1.165, 1.54) is 7.11 Å². The molecule has 0 radical (unpaired) electrons. The van der Waals surface area contributed by atoms with E-state index in [0.29, 0.717) is 19.6 Å². The van der Waals surface area contributed by atoms with Crippen molar-refractivity contribution >= 4 is 5.97 Å². The van der Waals surface area contributed by atoms with Crippen LogP contribution in [0.25, 0.3) is 0 Å². The molecular formula is C15H20O4. The molecule has 0 N–H and O–H groups in total. The molecule has 4 heteroatoms. The van der Waals surface area contributed by atoms with E-state index in [4.69, 9.17) is 14.2 Å². The first kappa shape index (κ1) is 13.9. The molecule has 1 aromatic carbocycles. The zero-order valence-electron chi connectivity index (χ0n) is 11.9. The van der Waals surface area contributed by atoms with Crippen LogP contribution < -0.4 is 4.74 Å². The van der Waals surface area contributed by atoms with Crippen molar-refractivity contribution in [1.29, 1.82) is 0 Å². The average molecular weight is 264 g/mol. The lowest BCUT2D eigenvalue weighted by atomic mass is 9.73. The van der Waals surface area contributed by atoms with Crippen molar-refractivity contribution in [2.75, 3.05) is 27.4 Å². The van der Waals surface area contributed by atoms with Crippen molar-refractivity contribution < 1.29 is 19.0 Å². The highest BCUT2D eigenvalue weighted by atomic mass is 16.5. The average Bonchev–Trinajstić information content (AvgIpc) is 2.36. The summed E-state index contributed by atoms with van der Waals surface area (Å²) in [5, 5.41) is 0. The van der Waals surface area contributed by atoms with E-state index >= 15 is 0 Å². The Morgan fingerprint density at radius 2 is 1.95 bits per heavy atom. The van der Waals surface area contributed by atoms with Gasteiger partial charge < -0.3 is 14.2 Å². The van der Waals surface area contributed by atoms with Crippen LogP contribution in [-0.4, -0.2) is 33.4 Å². The maximum Gasteiger partial charge on any atom is 0.306 e. The number of hydrogen-bond acceptors (Lipinski definition) is 4. The number of benzene rings is 1. The molecule has 1 aliphatic rings. The van der Waals surface area contributed by atoms with Crippen LogP contribution in [0.5, 0.6) is 5.75 Å². The minimum atomic E-state index is -0.242. The summed E-state index contributed by atoms with van der Waals surface area (Å²) in [4.78, 5) is 11.6. The second-order valence-corrected chi connectivity index (χ2v) is 5.16. The van der Waals surface area contributed by atoms with Gasteiger partial charge >= 0.3 is 5.97 Å². The van der Waals surface area contributed by atoms with Crippen LogP contribution in [0.1, 0.15) is 23.1 Å². The highest BCUT2D eigenvalue weighted by Gasteiger charge is 2.43. The first-order valence-corrected chi connectivity index (χ1v) is 6.33. The van der Waals surface area contributed by atoms with E-state index in [2.05, 4.69) is 6.07 Å². The molecule has 1 fully saturated rings. The molecule has 4 nitrogen and oxygen atoms in total. The minimum Gasteiger partial charge on any atom is -0.496 e. The fraction of sp³-hybridized carbons (Fsp3) is 0.533. The molecule has 0 aliphatic carbocycles. The Morgan fingerprint density at radius 1 is 1.26 bits per heavy atom. The summed E-state index contributed by atoms with van der Waals surface area (Å²) in [5.74, 6) is 0.672. The zero-order valence-corrected chi connectivity index (χ0v) is 11.9. The molecule has 19 heavy (non-hydrogen) atoms. The first-order chi connectivity index (χ1) is 9.02. The van der Waals surface area contributed by atoms with Gasteiger partial charge in [0.15, 0.2) is 0 Å². The Balaban J connectivity index is 2.38. The summed E-state index contributed by atoms with van der Waals surface area (Å²) >= 11 is 0. The largest absolute Gasteiger partial charge is 0.496 e. The Kier molecular flexibility index (Phi) is 3.80. The van der Waals surface area contributed by atoms with Crippen LogP contribution in [0, 0.1) is 13.8 Å². The van der Waals surface area contributed by atoms with Crippen LogP contribution >= 0.6 is 0 Å². The van der Waals surface area contributed by atoms with Gasteiger partial charge in [0.2, 0.25) is 0 Å². The fourth-order valence-corrected chi connectivity index (χ4v) is 2.63. The van der Waals surface area contributed by atoms with Crippen LogP contribution in [0.4, 0.5) is 0 Å². The predicted octanol–water partition coefficient (Wildman–Crippen LogP) is 2.14. The van der Waals surface area contributed by atoms with Gasteiger partial charge in [0.1, 0.15) is 5.75 Å². The lowest BCUT2D eigenvalue weighted by Gasteiger charge is -2.42. The van der Waals surface area contributed by atoms with Gasteiger partial charge in [-0.1, -0.05) is 6.07 Å². The summed E-state index contributed by atoms with van der Waals surface area (Å²) in [6.45, 7) is 5.17. The van der Waals surface area contributed by atoms with Crippen molar-refractivity contribution in [3.8, 4) is 5.75 Å². The molecule has 104 valence electrons. The van der Waals surface area contributed by atoms with E-state index in [1.54, 1.807) is 7.11 Å². The molecule has 1 aromatic rings. The van der Waals surface area contributed by atoms with Crippen molar-refractivity contribution in [3.63, 3.8) is 0 Å². The number of ether oxygens (including phenoxy) is 3. The second-order valence-electron chi connectivity index (χ2n) is 5.16. The Labute approximate surface area is 113 Å². The molecule has 0 unspecified atom stereocenters.